The Morgan fingerprint density at radius 3 is 1.89 bits per heavy atom. The molecular formula is C6H13N11S2. The number of nitrogens with one attached hydrogen (secondary N) is 1. The van der Waals surface area contributed by atoms with Crippen molar-refractivity contribution in [3.8, 4) is 0 Å². The van der Waals surface area contributed by atoms with Crippen molar-refractivity contribution in [2.75, 3.05) is 28.2 Å². The summed E-state index contributed by atoms with van der Waals surface area (Å²) >= 11 is 9.75. The van der Waals surface area contributed by atoms with E-state index in [-0.39, 0.29) is 5.11 Å². The van der Waals surface area contributed by atoms with Gasteiger partial charge in [-0.25, -0.2) is 0 Å². The second-order valence-electron chi connectivity index (χ2n) is 3.20. The van der Waals surface area contributed by atoms with Crippen LogP contribution in [0.25, 0.3) is 0 Å². The Balaban J connectivity index is 4.02. The first-order valence-corrected chi connectivity index (χ1v) is 5.56. The van der Waals surface area contributed by atoms with Gasteiger partial charge in [-0.1, -0.05) is 10.3 Å². The zero-order valence-corrected chi connectivity index (χ0v) is 12.4. The van der Waals surface area contributed by atoms with Gasteiger partial charge in [0.05, 0.1) is 0 Å². The van der Waals surface area contributed by atoms with Crippen molar-refractivity contribution >= 4 is 34.7 Å². The molecule has 0 unspecified atom stereocenters. The van der Waals surface area contributed by atoms with E-state index in [1.54, 1.807) is 33.1 Å². The molecule has 1 N–H and O–H groups in total. The van der Waals surface area contributed by atoms with Crippen LogP contribution in [0.3, 0.4) is 0 Å². The summed E-state index contributed by atoms with van der Waals surface area (Å²) in [5.41, 5.74) is 0. The SMILES string of the molecule is CN(C)/N=N/N=N/N=N/N=N\C(=S)NC(=S)N(C)C. The normalized spacial score (nSPS) is 11.8. The fourth-order valence-corrected chi connectivity index (χ4v) is 0.753. The number of nitrogens with zero attached hydrogens (tertiary/aromatic N) is 10. The number of rotatable bonds is 4. The summed E-state index contributed by atoms with van der Waals surface area (Å²) in [5.74, 6) is 0. The second kappa shape index (κ2) is 9.95. The van der Waals surface area contributed by atoms with Gasteiger partial charge in [-0.05, 0) is 55.8 Å². The molecule has 104 valence electrons. The van der Waals surface area contributed by atoms with E-state index in [4.69, 9.17) is 24.4 Å². The van der Waals surface area contributed by atoms with Gasteiger partial charge in [-0.3, -0.25) is 5.01 Å². The van der Waals surface area contributed by atoms with E-state index in [2.05, 4.69) is 47.0 Å². The van der Waals surface area contributed by atoms with Gasteiger partial charge >= 0.3 is 0 Å². The van der Waals surface area contributed by atoms with Gasteiger partial charge in [-0.15, -0.1) is 0 Å². The summed E-state index contributed by atoms with van der Waals surface area (Å²) in [5, 5.41) is 30.9. The monoisotopic (exact) mass is 303 g/mol. The molecule has 11 nitrogen and oxygen atoms in total. The summed E-state index contributed by atoms with van der Waals surface area (Å²) in [6, 6.07) is 0. The summed E-state index contributed by atoms with van der Waals surface area (Å²) in [6.45, 7) is 0. The molecule has 0 spiro atoms. The molecule has 0 aromatic heterocycles. The van der Waals surface area contributed by atoms with Crippen molar-refractivity contribution in [3.05, 3.63) is 0 Å². The lowest BCUT2D eigenvalue weighted by atomic mass is 10.8. The van der Waals surface area contributed by atoms with E-state index in [0.717, 1.165) is 0 Å². The van der Waals surface area contributed by atoms with E-state index in [1.165, 1.54) is 5.01 Å². The van der Waals surface area contributed by atoms with Crippen molar-refractivity contribution in [2.24, 2.45) is 41.7 Å². The van der Waals surface area contributed by atoms with Gasteiger partial charge in [0.25, 0.3) is 0 Å². The third-order valence-corrected chi connectivity index (χ3v) is 1.83. The van der Waals surface area contributed by atoms with E-state index >= 15 is 0 Å². The predicted molar refractivity (Wildman–Crippen MR) is 75.1 cm³/mol. The minimum absolute atomic E-state index is 0.0573. The van der Waals surface area contributed by atoms with Gasteiger partial charge in [0.2, 0.25) is 5.11 Å². The van der Waals surface area contributed by atoms with Crippen molar-refractivity contribution in [1.82, 2.24) is 15.2 Å². The van der Waals surface area contributed by atoms with E-state index < -0.39 is 0 Å². The standard InChI is InChI=1S/C6H13N11S2/c1-16(2)6(19)7-5(18)8-9-10-11-12-13-14-15-17(3)4/h1-4H3,(H,7,18,19)/b9-8-,11-10+,13-12+,15-14+. The molecule has 13 heteroatoms. The van der Waals surface area contributed by atoms with Crippen LogP contribution in [-0.2, 0) is 0 Å². The van der Waals surface area contributed by atoms with E-state index in [0.29, 0.717) is 5.11 Å². The van der Waals surface area contributed by atoms with Crippen LogP contribution < -0.4 is 5.32 Å². The van der Waals surface area contributed by atoms with Gasteiger partial charge in [-0.2, -0.15) is 0 Å². The maximum absolute atomic E-state index is 4.94. The quantitative estimate of drug-likeness (QED) is 0.482. The van der Waals surface area contributed by atoms with Crippen LogP contribution in [0.2, 0.25) is 0 Å². The zero-order valence-electron chi connectivity index (χ0n) is 10.8. The fourth-order valence-electron chi connectivity index (χ4n) is 0.458. The molecule has 0 aliphatic rings. The van der Waals surface area contributed by atoms with E-state index in [9.17, 15) is 0 Å². The molecule has 0 aromatic carbocycles. The molecule has 0 fully saturated rings. The smallest absolute Gasteiger partial charge is 0.221 e. The van der Waals surface area contributed by atoms with Crippen LogP contribution >= 0.6 is 24.4 Å². The summed E-state index contributed by atoms with van der Waals surface area (Å²) in [4.78, 5) is 1.66. The third kappa shape index (κ3) is 10.8. The predicted octanol–water partition coefficient (Wildman–Crippen LogP) is 1.74. The largest absolute Gasteiger partial charge is 0.355 e. The average molecular weight is 303 g/mol. The van der Waals surface area contributed by atoms with E-state index in [1.807, 2.05) is 0 Å². The average Bonchev–Trinajstić information content (AvgIpc) is 2.31. The second-order valence-corrected chi connectivity index (χ2v) is 3.98. The maximum Gasteiger partial charge on any atom is 0.221 e. The summed E-state index contributed by atoms with van der Waals surface area (Å²) in [7, 11) is 6.89. The lowest BCUT2D eigenvalue weighted by Gasteiger charge is -2.12. The Labute approximate surface area is 120 Å². The van der Waals surface area contributed by atoms with Crippen LogP contribution in [-0.4, -0.2) is 48.3 Å². The van der Waals surface area contributed by atoms with Gasteiger partial charge in [0, 0.05) is 28.2 Å². The van der Waals surface area contributed by atoms with Crippen LogP contribution in [0, 0.1) is 0 Å². The Kier molecular flexibility index (Phi) is 8.90. The zero-order chi connectivity index (χ0) is 14.7. The maximum atomic E-state index is 4.94. The topological polar surface area (TPSA) is 117 Å². The minimum Gasteiger partial charge on any atom is -0.355 e. The van der Waals surface area contributed by atoms with Crippen molar-refractivity contribution in [3.63, 3.8) is 0 Å². The number of thiocarbonyl (C=S) groups is 2. The van der Waals surface area contributed by atoms with Crippen molar-refractivity contribution in [2.45, 2.75) is 0 Å². The van der Waals surface area contributed by atoms with Crippen LogP contribution in [0.1, 0.15) is 0 Å². The molecule has 0 aliphatic carbocycles. The van der Waals surface area contributed by atoms with Gasteiger partial charge in [0.1, 0.15) is 0 Å². The third-order valence-electron chi connectivity index (χ3n) is 1.17. The minimum atomic E-state index is 0.0573. The molecule has 0 aliphatic heterocycles. The summed E-state index contributed by atoms with van der Waals surface area (Å²) in [6.07, 6.45) is 0. The lowest BCUT2D eigenvalue weighted by Crippen LogP contribution is -2.36. The first-order chi connectivity index (χ1) is 8.93. The highest BCUT2D eigenvalue weighted by molar-refractivity contribution is 7.81. The number of hydrogen-bond acceptors (Lipinski definition) is 3. The Bertz CT molecular complexity index is 409. The van der Waals surface area contributed by atoms with Crippen molar-refractivity contribution < 1.29 is 0 Å². The van der Waals surface area contributed by atoms with Crippen LogP contribution in [0.5, 0.6) is 0 Å². The van der Waals surface area contributed by atoms with Gasteiger partial charge < -0.3 is 10.2 Å². The first kappa shape index (κ1) is 17.0. The molecule has 0 saturated carbocycles. The molecule has 19 heavy (non-hydrogen) atoms. The molecule has 0 aromatic rings. The Hall–Kier alpha value is -2.02. The summed E-state index contributed by atoms with van der Waals surface area (Å²) < 4.78 is 0. The fraction of sp³-hybridized carbons (Fsp3) is 0.667. The molecule has 0 radical (unpaired) electrons. The molecular weight excluding hydrogens is 290 g/mol. The van der Waals surface area contributed by atoms with Gasteiger partial charge in [0.15, 0.2) is 5.11 Å². The Morgan fingerprint density at radius 2 is 1.37 bits per heavy atom. The van der Waals surface area contributed by atoms with Crippen molar-refractivity contribution in [1.29, 1.82) is 0 Å². The highest BCUT2D eigenvalue weighted by atomic mass is 32.1. The molecule has 0 heterocycles. The number of hydrogen-bond donors (Lipinski definition) is 1. The molecule has 0 saturated heterocycles. The first-order valence-electron chi connectivity index (χ1n) is 4.74. The van der Waals surface area contributed by atoms with Crippen LogP contribution in [0.15, 0.2) is 41.7 Å². The molecule has 0 bridgehead atoms. The van der Waals surface area contributed by atoms with Crippen LogP contribution in [0.4, 0.5) is 0 Å². The molecule has 0 amide bonds. The lowest BCUT2D eigenvalue weighted by molar-refractivity contribution is 0.397. The highest BCUT2D eigenvalue weighted by Crippen LogP contribution is 1.88. The Morgan fingerprint density at radius 1 is 0.842 bits per heavy atom. The molecule has 0 atom stereocenters. The highest BCUT2D eigenvalue weighted by Gasteiger charge is 1.99. The molecule has 0 rings (SSSR count).